The molecule has 2 rings (SSSR count). The number of hydrogen-bond donors (Lipinski definition) is 2. The Labute approximate surface area is 159 Å². The monoisotopic (exact) mass is 382 g/mol. The van der Waals surface area contributed by atoms with E-state index in [1.807, 2.05) is 26.8 Å². The van der Waals surface area contributed by atoms with Crippen LogP contribution in [0.5, 0.6) is 5.75 Å². The van der Waals surface area contributed by atoms with Crippen LogP contribution in [0.1, 0.15) is 71.4 Å². The van der Waals surface area contributed by atoms with E-state index in [1.165, 1.54) is 0 Å². The summed E-state index contributed by atoms with van der Waals surface area (Å²) in [4.78, 5) is 0.344. The molecule has 26 heavy (non-hydrogen) atoms. The van der Waals surface area contributed by atoms with Gasteiger partial charge in [-0.1, -0.05) is 13.8 Å². The van der Waals surface area contributed by atoms with Crippen molar-refractivity contribution in [2.45, 2.75) is 89.2 Å². The first-order valence-electron chi connectivity index (χ1n) is 9.26. The van der Waals surface area contributed by atoms with Gasteiger partial charge >= 0.3 is 0 Å². The number of methoxy groups -OCH3 is 1. The first-order chi connectivity index (χ1) is 11.8. The maximum absolute atomic E-state index is 13.1. The number of hydrogen-bond acceptors (Lipinski definition) is 4. The van der Waals surface area contributed by atoms with Gasteiger partial charge in [0.15, 0.2) is 0 Å². The molecule has 5 nitrogen and oxygen atoms in total. The lowest BCUT2D eigenvalue weighted by Crippen LogP contribution is -2.62. The van der Waals surface area contributed by atoms with E-state index in [0.717, 1.165) is 24.2 Å². The van der Waals surface area contributed by atoms with Crippen molar-refractivity contribution < 1.29 is 13.2 Å². The second kappa shape index (κ2) is 7.13. The summed E-state index contributed by atoms with van der Waals surface area (Å²) in [6.45, 7) is 14.4. The molecule has 0 bridgehead atoms. The Morgan fingerprint density at radius 1 is 1.15 bits per heavy atom. The van der Waals surface area contributed by atoms with Gasteiger partial charge in [-0.25, -0.2) is 13.1 Å². The molecule has 2 N–H and O–H groups in total. The molecule has 6 heteroatoms. The zero-order valence-electron chi connectivity index (χ0n) is 17.4. The van der Waals surface area contributed by atoms with Crippen LogP contribution in [0.3, 0.4) is 0 Å². The Bertz CT molecular complexity index is 752. The molecule has 1 aromatic carbocycles. The smallest absolute Gasteiger partial charge is 0.241 e. The molecule has 1 saturated heterocycles. The Hall–Kier alpha value is -1.11. The third kappa shape index (κ3) is 4.78. The van der Waals surface area contributed by atoms with Gasteiger partial charge < -0.3 is 10.1 Å². The Kier molecular flexibility index (Phi) is 5.81. The van der Waals surface area contributed by atoms with Crippen LogP contribution in [0, 0.1) is 6.92 Å². The van der Waals surface area contributed by atoms with E-state index in [1.54, 1.807) is 13.2 Å². The number of rotatable bonds is 5. The summed E-state index contributed by atoms with van der Waals surface area (Å²) in [7, 11) is -1.99. The van der Waals surface area contributed by atoms with Crippen molar-refractivity contribution in [1.29, 1.82) is 0 Å². The highest BCUT2D eigenvalue weighted by Crippen LogP contribution is 2.33. The highest BCUT2D eigenvalue weighted by Gasteiger charge is 2.39. The molecule has 1 aliphatic heterocycles. The van der Waals surface area contributed by atoms with Crippen LogP contribution in [-0.2, 0) is 10.0 Å². The van der Waals surface area contributed by atoms with Gasteiger partial charge in [-0.3, -0.25) is 0 Å². The van der Waals surface area contributed by atoms with Crippen LogP contribution in [-0.4, -0.2) is 32.6 Å². The summed E-state index contributed by atoms with van der Waals surface area (Å²) >= 11 is 0. The first kappa shape index (κ1) is 21.2. The lowest BCUT2D eigenvalue weighted by Gasteiger charge is -2.46. The standard InChI is InChI=1S/C20H34N2O3S/c1-13(2)16-10-18(14(3)9-17(16)25-8)26(23,24)21-15-11-19(4,5)22-20(6,7)12-15/h9-10,13,15,21-22H,11-12H2,1-8H3. The fraction of sp³-hybridized carbons (Fsp3) is 0.700. The van der Waals surface area contributed by atoms with E-state index in [2.05, 4.69) is 37.7 Å². The topological polar surface area (TPSA) is 67.4 Å². The summed E-state index contributed by atoms with van der Waals surface area (Å²) in [6.07, 6.45) is 1.50. The molecule has 0 aromatic heterocycles. The first-order valence-corrected chi connectivity index (χ1v) is 10.7. The lowest BCUT2D eigenvalue weighted by atomic mass is 9.80. The van der Waals surface area contributed by atoms with E-state index < -0.39 is 10.0 Å². The predicted molar refractivity (Wildman–Crippen MR) is 106 cm³/mol. The van der Waals surface area contributed by atoms with Crippen molar-refractivity contribution in [2.24, 2.45) is 0 Å². The zero-order chi connectivity index (χ0) is 19.9. The second-order valence-electron chi connectivity index (χ2n) is 9.13. The molecular formula is C20H34N2O3S. The van der Waals surface area contributed by atoms with Crippen molar-refractivity contribution >= 4 is 10.0 Å². The maximum Gasteiger partial charge on any atom is 0.241 e. The average molecular weight is 383 g/mol. The van der Waals surface area contributed by atoms with Gasteiger partial charge in [0.2, 0.25) is 10.0 Å². The Morgan fingerprint density at radius 3 is 2.15 bits per heavy atom. The molecule has 1 heterocycles. The van der Waals surface area contributed by atoms with Crippen LogP contribution in [0.15, 0.2) is 17.0 Å². The highest BCUT2D eigenvalue weighted by molar-refractivity contribution is 7.89. The fourth-order valence-corrected chi connectivity index (χ4v) is 5.78. The molecule has 0 unspecified atom stereocenters. The third-order valence-corrected chi connectivity index (χ3v) is 6.61. The van der Waals surface area contributed by atoms with Crippen LogP contribution in [0.2, 0.25) is 0 Å². The van der Waals surface area contributed by atoms with E-state index in [4.69, 9.17) is 4.74 Å². The van der Waals surface area contributed by atoms with Crippen molar-refractivity contribution in [3.8, 4) is 5.75 Å². The van der Waals surface area contributed by atoms with Crippen LogP contribution < -0.4 is 14.8 Å². The molecule has 0 amide bonds. The van der Waals surface area contributed by atoms with Gasteiger partial charge in [0.25, 0.3) is 0 Å². The molecule has 1 fully saturated rings. The van der Waals surface area contributed by atoms with Crippen LogP contribution in [0.4, 0.5) is 0 Å². The second-order valence-corrected chi connectivity index (χ2v) is 10.8. The average Bonchev–Trinajstić information content (AvgIpc) is 2.41. The molecule has 148 valence electrons. The largest absolute Gasteiger partial charge is 0.496 e. The van der Waals surface area contributed by atoms with Crippen LogP contribution in [0.25, 0.3) is 0 Å². The van der Waals surface area contributed by atoms with E-state index in [-0.39, 0.29) is 23.0 Å². The van der Waals surface area contributed by atoms with E-state index in [9.17, 15) is 8.42 Å². The van der Waals surface area contributed by atoms with Gasteiger partial charge in [0, 0.05) is 17.1 Å². The van der Waals surface area contributed by atoms with E-state index >= 15 is 0 Å². The van der Waals surface area contributed by atoms with Gasteiger partial charge in [0.1, 0.15) is 5.75 Å². The van der Waals surface area contributed by atoms with Gasteiger partial charge in [-0.15, -0.1) is 0 Å². The van der Waals surface area contributed by atoms with Crippen molar-refractivity contribution in [3.63, 3.8) is 0 Å². The minimum atomic E-state index is -3.61. The van der Waals surface area contributed by atoms with Crippen molar-refractivity contribution in [1.82, 2.24) is 10.0 Å². The normalized spacial score (nSPS) is 20.3. The number of benzene rings is 1. The molecule has 1 aliphatic rings. The molecule has 0 spiro atoms. The summed E-state index contributed by atoms with van der Waals surface area (Å²) in [5.41, 5.74) is 1.37. The number of piperidine rings is 1. The van der Waals surface area contributed by atoms with Gasteiger partial charge in [-0.2, -0.15) is 0 Å². The van der Waals surface area contributed by atoms with Crippen molar-refractivity contribution in [3.05, 3.63) is 23.3 Å². The molecular weight excluding hydrogens is 348 g/mol. The lowest BCUT2D eigenvalue weighted by molar-refractivity contribution is 0.157. The minimum Gasteiger partial charge on any atom is -0.496 e. The highest BCUT2D eigenvalue weighted by atomic mass is 32.2. The van der Waals surface area contributed by atoms with E-state index in [0.29, 0.717) is 10.5 Å². The Morgan fingerprint density at radius 2 is 1.69 bits per heavy atom. The summed E-state index contributed by atoms with van der Waals surface area (Å²) in [5, 5.41) is 3.59. The number of sulfonamides is 1. The summed E-state index contributed by atoms with van der Waals surface area (Å²) in [5.74, 6) is 0.914. The fourth-order valence-electron chi connectivity index (χ4n) is 4.28. The Balaban J connectivity index is 2.37. The molecule has 0 aliphatic carbocycles. The third-order valence-electron chi connectivity index (χ3n) is 4.95. The SMILES string of the molecule is COc1cc(C)c(S(=O)(=O)NC2CC(C)(C)NC(C)(C)C2)cc1C(C)C. The summed E-state index contributed by atoms with van der Waals surface area (Å²) in [6, 6.07) is 3.48. The number of nitrogens with one attached hydrogen (secondary N) is 2. The molecule has 0 radical (unpaired) electrons. The number of ether oxygens (including phenoxy) is 1. The maximum atomic E-state index is 13.1. The van der Waals surface area contributed by atoms with Crippen molar-refractivity contribution in [2.75, 3.05) is 7.11 Å². The predicted octanol–water partition coefficient (Wildman–Crippen LogP) is 3.71. The minimum absolute atomic E-state index is 0.102. The summed E-state index contributed by atoms with van der Waals surface area (Å²) < 4.78 is 34.7. The van der Waals surface area contributed by atoms with Crippen LogP contribution >= 0.6 is 0 Å². The number of aryl methyl sites for hydroxylation is 1. The molecule has 0 atom stereocenters. The van der Waals surface area contributed by atoms with Gasteiger partial charge in [-0.05, 0) is 76.6 Å². The quantitative estimate of drug-likeness (QED) is 0.814. The zero-order valence-corrected chi connectivity index (χ0v) is 18.2. The molecule has 0 saturated carbocycles. The molecule has 1 aromatic rings. The van der Waals surface area contributed by atoms with Gasteiger partial charge in [0.05, 0.1) is 12.0 Å².